The highest BCUT2D eigenvalue weighted by molar-refractivity contribution is 7.11. The Bertz CT molecular complexity index is 381. The van der Waals surface area contributed by atoms with E-state index in [0.717, 1.165) is 32.2 Å². The predicted octanol–water partition coefficient (Wildman–Crippen LogP) is 3.44. The van der Waals surface area contributed by atoms with Gasteiger partial charge in [-0.2, -0.15) is 0 Å². The Morgan fingerprint density at radius 2 is 2.00 bits per heavy atom. The van der Waals surface area contributed by atoms with Gasteiger partial charge in [0.15, 0.2) is 0 Å². The Morgan fingerprint density at radius 1 is 1.32 bits per heavy atom. The molecule has 1 aliphatic carbocycles. The molecule has 0 aromatic carbocycles. The predicted molar refractivity (Wildman–Crippen MR) is 80.6 cm³/mol. The van der Waals surface area contributed by atoms with Gasteiger partial charge in [-0.3, -0.25) is 0 Å². The van der Waals surface area contributed by atoms with Crippen LogP contribution in [0.1, 0.15) is 68.2 Å². The zero-order valence-electron chi connectivity index (χ0n) is 12.1. The third kappa shape index (κ3) is 4.55. The van der Waals surface area contributed by atoms with Gasteiger partial charge >= 0.3 is 0 Å². The van der Waals surface area contributed by atoms with Crippen LogP contribution in [0, 0.1) is 0 Å². The second kappa shape index (κ2) is 6.82. The Labute approximate surface area is 120 Å². The molecule has 1 fully saturated rings. The van der Waals surface area contributed by atoms with Crippen molar-refractivity contribution in [2.45, 2.75) is 70.4 Å². The molecule has 0 atom stereocenters. The summed E-state index contributed by atoms with van der Waals surface area (Å²) < 4.78 is 0. The molecule has 1 aromatic heterocycles. The van der Waals surface area contributed by atoms with Crippen molar-refractivity contribution in [1.82, 2.24) is 10.3 Å². The molecule has 0 spiro atoms. The molecule has 4 heteroatoms. The van der Waals surface area contributed by atoms with Crippen LogP contribution in [0.2, 0.25) is 0 Å². The van der Waals surface area contributed by atoms with Crippen molar-refractivity contribution in [1.29, 1.82) is 0 Å². The fourth-order valence-electron chi connectivity index (χ4n) is 2.65. The average molecular weight is 282 g/mol. The lowest BCUT2D eigenvalue weighted by Crippen LogP contribution is -2.39. The Kier molecular flexibility index (Phi) is 5.37. The SMILES string of the molecule is CC(C)c1ncc(CNCC2(O)CCCCCC2)s1. The summed E-state index contributed by atoms with van der Waals surface area (Å²) in [4.78, 5) is 5.69. The summed E-state index contributed by atoms with van der Waals surface area (Å²) >= 11 is 1.78. The van der Waals surface area contributed by atoms with Crippen LogP contribution < -0.4 is 5.32 Å². The van der Waals surface area contributed by atoms with Gasteiger partial charge in [0.25, 0.3) is 0 Å². The summed E-state index contributed by atoms with van der Waals surface area (Å²) in [6, 6.07) is 0. The van der Waals surface area contributed by atoms with E-state index < -0.39 is 5.60 Å². The van der Waals surface area contributed by atoms with Crippen LogP contribution in [-0.2, 0) is 6.54 Å². The molecule has 1 aliphatic rings. The Hall–Kier alpha value is -0.450. The Balaban J connectivity index is 1.78. The lowest BCUT2D eigenvalue weighted by Gasteiger charge is -2.26. The van der Waals surface area contributed by atoms with E-state index in [2.05, 4.69) is 24.1 Å². The lowest BCUT2D eigenvalue weighted by molar-refractivity contribution is 0.0251. The van der Waals surface area contributed by atoms with Crippen LogP contribution >= 0.6 is 11.3 Å². The molecule has 1 aromatic rings. The number of nitrogens with one attached hydrogen (secondary N) is 1. The molecule has 0 bridgehead atoms. The first kappa shape index (κ1) is 14.9. The van der Waals surface area contributed by atoms with E-state index in [-0.39, 0.29) is 0 Å². The number of hydrogen-bond donors (Lipinski definition) is 2. The molecular formula is C15H26N2OS. The smallest absolute Gasteiger partial charge is 0.0953 e. The second-order valence-electron chi connectivity index (χ2n) is 6.06. The zero-order chi connectivity index (χ0) is 13.7. The largest absolute Gasteiger partial charge is 0.389 e. The van der Waals surface area contributed by atoms with Crippen LogP contribution in [-0.4, -0.2) is 22.2 Å². The quantitative estimate of drug-likeness (QED) is 0.813. The summed E-state index contributed by atoms with van der Waals surface area (Å²) in [5, 5.41) is 15.2. The zero-order valence-corrected chi connectivity index (χ0v) is 12.9. The van der Waals surface area contributed by atoms with Crippen LogP contribution in [0.4, 0.5) is 0 Å². The van der Waals surface area contributed by atoms with Crippen LogP contribution in [0.3, 0.4) is 0 Å². The van der Waals surface area contributed by atoms with Gasteiger partial charge in [0.2, 0.25) is 0 Å². The van der Waals surface area contributed by atoms with Gasteiger partial charge in [-0.25, -0.2) is 4.98 Å². The van der Waals surface area contributed by atoms with Crippen molar-refractivity contribution in [3.63, 3.8) is 0 Å². The molecule has 3 nitrogen and oxygen atoms in total. The van der Waals surface area contributed by atoms with E-state index in [1.165, 1.54) is 22.7 Å². The summed E-state index contributed by atoms with van der Waals surface area (Å²) in [5.74, 6) is 0.504. The summed E-state index contributed by atoms with van der Waals surface area (Å²) in [6.45, 7) is 5.88. The minimum absolute atomic E-state index is 0.484. The number of hydrogen-bond acceptors (Lipinski definition) is 4. The first-order valence-corrected chi connectivity index (χ1v) is 8.28. The maximum Gasteiger partial charge on any atom is 0.0953 e. The average Bonchev–Trinajstić information content (AvgIpc) is 2.73. The molecule has 1 saturated carbocycles. The molecule has 2 rings (SSSR count). The van der Waals surface area contributed by atoms with E-state index in [1.807, 2.05) is 6.20 Å². The van der Waals surface area contributed by atoms with Gasteiger partial charge in [0, 0.05) is 30.1 Å². The van der Waals surface area contributed by atoms with Gasteiger partial charge in [-0.15, -0.1) is 11.3 Å². The van der Waals surface area contributed by atoms with Crippen molar-refractivity contribution in [3.05, 3.63) is 16.1 Å². The third-order valence-corrected chi connectivity index (χ3v) is 5.15. The van der Waals surface area contributed by atoms with Crippen molar-refractivity contribution in [2.24, 2.45) is 0 Å². The maximum absolute atomic E-state index is 10.5. The van der Waals surface area contributed by atoms with Crippen LogP contribution in [0.5, 0.6) is 0 Å². The highest BCUT2D eigenvalue weighted by atomic mass is 32.1. The van der Waals surface area contributed by atoms with Crippen LogP contribution in [0.15, 0.2) is 6.20 Å². The monoisotopic (exact) mass is 282 g/mol. The molecule has 0 amide bonds. The lowest BCUT2D eigenvalue weighted by atomic mass is 9.94. The van der Waals surface area contributed by atoms with Gasteiger partial charge in [0.1, 0.15) is 0 Å². The van der Waals surface area contributed by atoms with Crippen LogP contribution in [0.25, 0.3) is 0 Å². The molecule has 1 heterocycles. The Morgan fingerprint density at radius 3 is 2.58 bits per heavy atom. The summed E-state index contributed by atoms with van der Waals surface area (Å²) in [7, 11) is 0. The van der Waals surface area contributed by atoms with E-state index in [1.54, 1.807) is 11.3 Å². The molecule has 0 unspecified atom stereocenters. The minimum atomic E-state index is -0.484. The molecule has 0 saturated heterocycles. The number of aromatic nitrogens is 1. The molecule has 19 heavy (non-hydrogen) atoms. The van der Waals surface area contributed by atoms with Crippen molar-refractivity contribution in [3.8, 4) is 0 Å². The molecule has 0 radical (unpaired) electrons. The topological polar surface area (TPSA) is 45.2 Å². The van der Waals surface area contributed by atoms with E-state index in [0.29, 0.717) is 12.5 Å². The highest BCUT2D eigenvalue weighted by Gasteiger charge is 2.27. The van der Waals surface area contributed by atoms with Gasteiger partial charge in [-0.1, -0.05) is 39.5 Å². The standard InChI is InChI=1S/C15H26N2OS/c1-12(2)14-17-10-13(19-14)9-16-11-15(18)7-5-3-4-6-8-15/h10,12,16,18H,3-9,11H2,1-2H3. The minimum Gasteiger partial charge on any atom is -0.389 e. The highest BCUT2D eigenvalue weighted by Crippen LogP contribution is 2.26. The maximum atomic E-state index is 10.5. The molecule has 0 aliphatic heterocycles. The van der Waals surface area contributed by atoms with Gasteiger partial charge in [0.05, 0.1) is 10.6 Å². The molecule has 108 valence electrons. The number of rotatable bonds is 5. The second-order valence-corrected chi connectivity index (χ2v) is 7.21. The number of aliphatic hydroxyl groups is 1. The van der Waals surface area contributed by atoms with Gasteiger partial charge in [-0.05, 0) is 12.8 Å². The first-order valence-electron chi connectivity index (χ1n) is 7.47. The normalized spacial score (nSPS) is 19.6. The number of nitrogens with zero attached hydrogens (tertiary/aromatic N) is 1. The van der Waals surface area contributed by atoms with Crippen molar-refractivity contribution in [2.75, 3.05) is 6.54 Å². The molecule has 2 N–H and O–H groups in total. The van der Waals surface area contributed by atoms with Crippen molar-refractivity contribution >= 4 is 11.3 Å². The van der Waals surface area contributed by atoms with Crippen molar-refractivity contribution < 1.29 is 5.11 Å². The van der Waals surface area contributed by atoms with Gasteiger partial charge < -0.3 is 10.4 Å². The fraction of sp³-hybridized carbons (Fsp3) is 0.800. The summed E-state index contributed by atoms with van der Waals surface area (Å²) in [5.41, 5.74) is -0.484. The van der Waals surface area contributed by atoms with E-state index in [9.17, 15) is 5.11 Å². The number of thiazole rings is 1. The first-order chi connectivity index (χ1) is 9.09. The fourth-order valence-corrected chi connectivity index (χ4v) is 3.54. The summed E-state index contributed by atoms with van der Waals surface area (Å²) in [6.07, 6.45) is 8.72. The van der Waals surface area contributed by atoms with E-state index >= 15 is 0 Å². The van der Waals surface area contributed by atoms with E-state index in [4.69, 9.17) is 0 Å². The molecular weight excluding hydrogens is 256 g/mol. The third-order valence-electron chi connectivity index (χ3n) is 3.85.